The lowest BCUT2D eigenvalue weighted by atomic mass is 9.70. The minimum absolute atomic E-state index is 0.00541. The zero-order valence-corrected chi connectivity index (χ0v) is 11.3. The van der Waals surface area contributed by atoms with Crippen molar-refractivity contribution in [1.82, 2.24) is 0 Å². The molecule has 0 unspecified atom stereocenters. The molecule has 0 radical (unpaired) electrons. The van der Waals surface area contributed by atoms with Crippen LogP contribution in [0.4, 0.5) is 0 Å². The third kappa shape index (κ3) is 1.39. The lowest BCUT2D eigenvalue weighted by Gasteiger charge is -2.32. The van der Waals surface area contributed by atoms with E-state index in [9.17, 15) is 4.79 Å². The van der Waals surface area contributed by atoms with Crippen molar-refractivity contribution >= 4 is 5.78 Å². The number of unbranched alkanes of at least 4 members (excludes halogenated alkanes) is 2. The molecule has 2 aliphatic rings. The molecule has 3 atom stereocenters. The van der Waals surface area contributed by atoms with Gasteiger partial charge >= 0.3 is 0 Å². The van der Waals surface area contributed by atoms with Crippen LogP contribution in [0.2, 0.25) is 0 Å². The minimum Gasteiger partial charge on any atom is -0.299 e. The maximum Gasteiger partial charge on any atom is 0.142 e. The molecule has 2 aliphatic carbocycles. The molecule has 0 spiro atoms. The van der Waals surface area contributed by atoms with Gasteiger partial charge in [0, 0.05) is 11.3 Å². The van der Waals surface area contributed by atoms with Gasteiger partial charge in [-0.1, -0.05) is 47.0 Å². The summed E-state index contributed by atoms with van der Waals surface area (Å²) in [5.74, 6) is 1.65. The van der Waals surface area contributed by atoms with Crippen molar-refractivity contribution < 1.29 is 4.79 Å². The van der Waals surface area contributed by atoms with E-state index in [0.717, 1.165) is 12.8 Å². The fourth-order valence-electron chi connectivity index (χ4n) is 4.22. The third-order valence-electron chi connectivity index (χ3n) is 5.79. The highest BCUT2D eigenvalue weighted by Crippen LogP contribution is 2.66. The Morgan fingerprint density at radius 3 is 2.44 bits per heavy atom. The van der Waals surface area contributed by atoms with Crippen LogP contribution in [-0.2, 0) is 4.79 Å². The average molecular weight is 222 g/mol. The topological polar surface area (TPSA) is 17.1 Å². The number of rotatable bonds is 4. The van der Waals surface area contributed by atoms with Crippen molar-refractivity contribution in [1.29, 1.82) is 0 Å². The molecule has 2 saturated carbocycles. The first-order valence-electron chi connectivity index (χ1n) is 6.99. The van der Waals surface area contributed by atoms with Gasteiger partial charge in [0.1, 0.15) is 5.78 Å². The summed E-state index contributed by atoms with van der Waals surface area (Å²) < 4.78 is 0. The summed E-state index contributed by atoms with van der Waals surface area (Å²) in [5, 5.41) is 0. The molecular formula is C15H26O. The minimum atomic E-state index is -0.00541. The van der Waals surface area contributed by atoms with Crippen molar-refractivity contribution in [2.75, 3.05) is 0 Å². The Labute approximate surface area is 100.0 Å². The van der Waals surface area contributed by atoms with E-state index in [0.29, 0.717) is 17.6 Å². The number of carbonyl (C=O) groups excluding carboxylic acids is 1. The predicted molar refractivity (Wildman–Crippen MR) is 67.3 cm³/mol. The highest BCUT2D eigenvalue weighted by molar-refractivity contribution is 5.91. The van der Waals surface area contributed by atoms with Crippen LogP contribution in [0.25, 0.3) is 0 Å². The van der Waals surface area contributed by atoms with E-state index in [-0.39, 0.29) is 10.8 Å². The molecule has 0 N–H and O–H groups in total. The summed E-state index contributed by atoms with van der Waals surface area (Å²) >= 11 is 0. The predicted octanol–water partition coefficient (Wildman–Crippen LogP) is 4.21. The second-order valence-corrected chi connectivity index (χ2v) is 6.67. The lowest BCUT2D eigenvalue weighted by Crippen LogP contribution is -2.33. The van der Waals surface area contributed by atoms with Crippen LogP contribution in [-0.4, -0.2) is 5.78 Å². The maximum atomic E-state index is 12.5. The van der Waals surface area contributed by atoms with Gasteiger partial charge in [0.25, 0.3) is 0 Å². The number of hydrogen-bond acceptors (Lipinski definition) is 1. The smallest absolute Gasteiger partial charge is 0.142 e. The number of carbonyl (C=O) groups is 1. The van der Waals surface area contributed by atoms with Gasteiger partial charge in [-0.2, -0.15) is 0 Å². The summed E-state index contributed by atoms with van der Waals surface area (Å²) in [5.41, 5.74) is 0.246. The highest BCUT2D eigenvalue weighted by atomic mass is 16.1. The Bertz CT molecular complexity index is 292. The van der Waals surface area contributed by atoms with Crippen molar-refractivity contribution in [2.24, 2.45) is 22.7 Å². The molecule has 0 amide bonds. The first kappa shape index (κ1) is 12.1. The van der Waals surface area contributed by atoms with Crippen LogP contribution in [0, 0.1) is 22.7 Å². The second-order valence-electron chi connectivity index (χ2n) is 6.67. The van der Waals surface area contributed by atoms with Crippen molar-refractivity contribution in [2.45, 2.75) is 66.2 Å². The summed E-state index contributed by atoms with van der Waals surface area (Å²) in [6.07, 6.45) is 7.35. The molecule has 2 fully saturated rings. The standard InChI is InChI=1S/C15H26O/c1-5-6-7-8-11-12-9-10-15(4,13(11)16)14(12,2)3/h11-12H,5-10H2,1-4H3/t11-,12+,15-/m0/s1. The van der Waals surface area contributed by atoms with Crippen molar-refractivity contribution in [3.05, 3.63) is 0 Å². The fourth-order valence-corrected chi connectivity index (χ4v) is 4.22. The molecule has 0 saturated heterocycles. The Morgan fingerprint density at radius 1 is 1.25 bits per heavy atom. The molecule has 2 rings (SSSR count). The summed E-state index contributed by atoms with van der Waals surface area (Å²) in [7, 11) is 0. The van der Waals surface area contributed by atoms with Gasteiger partial charge in [-0.25, -0.2) is 0 Å². The van der Waals surface area contributed by atoms with E-state index >= 15 is 0 Å². The monoisotopic (exact) mass is 222 g/mol. The van der Waals surface area contributed by atoms with Crippen molar-refractivity contribution in [3.63, 3.8) is 0 Å². The van der Waals surface area contributed by atoms with Crippen LogP contribution in [0.3, 0.4) is 0 Å². The van der Waals surface area contributed by atoms with Gasteiger partial charge in [0.15, 0.2) is 0 Å². The molecule has 0 aromatic rings. The van der Waals surface area contributed by atoms with Crippen molar-refractivity contribution in [3.8, 4) is 0 Å². The Morgan fingerprint density at radius 2 is 1.94 bits per heavy atom. The normalized spacial score (nSPS) is 40.6. The summed E-state index contributed by atoms with van der Waals surface area (Å²) in [4.78, 5) is 12.5. The zero-order chi connectivity index (χ0) is 12.0. The summed E-state index contributed by atoms with van der Waals surface area (Å²) in [6.45, 7) is 9.09. The van der Waals surface area contributed by atoms with Gasteiger partial charge < -0.3 is 0 Å². The second kappa shape index (κ2) is 3.85. The number of hydrogen-bond donors (Lipinski definition) is 0. The molecular weight excluding hydrogens is 196 g/mol. The van der Waals surface area contributed by atoms with Crippen LogP contribution in [0.1, 0.15) is 66.2 Å². The van der Waals surface area contributed by atoms with Crippen LogP contribution < -0.4 is 0 Å². The summed E-state index contributed by atoms with van der Waals surface area (Å²) in [6, 6.07) is 0. The van der Waals surface area contributed by atoms with E-state index in [1.807, 2.05) is 0 Å². The highest BCUT2D eigenvalue weighted by Gasteiger charge is 2.65. The van der Waals surface area contributed by atoms with Gasteiger partial charge in [-0.15, -0.1) is 0 Å². The molecule has 2 bridgehead atoms. The number of ketones is 1. The van der Waals surface area contributed by atoms with Gasteiger partial charge in [-0.3, -0.25) is 4.79 Å². The largest absolute Gasteiger partial charge is 0.299 e. The van der Waals surface area contributed by atoms with E-state index < -0.39 is 0 Å². The molecule has 1 nitrogen and oxygen atoms in total. The Balaban J connectivity index is 2.11. The average Bonchev–Trinajstić information content (AvgIpc) is 2.53. The molecule has 0 aromatic heterocycles. The molecule has 16 heavy (non-hydrogen) atoms. The number of fused-ring (bicyclic) bond motifs is 2. The molecule has 0 aliphatic heterocycles. The molecule has 0 aromatic carbocycles. The maximum absolute atomic E-state index is 12.5. The molecule has 1 heteroatoms. The van der Waals surface area contributed by atoms with E-state index in [1.165, 1.54) is 25.7 Å². The molecule has 92 valence electrons. The Kier molecular flexibility index (Phi) is 2.92. The first-order chi connectivity index (χ1) is 7.45. The van der Waals surface area contributed by atoms with E-state index in [4.69, 9.17) is 0 Å². The van der Waals surface area contributed by atoms with E-state index in [1.54, 1.807) is 0 Å². The lowest BCUT2D eigenvalue weighted by molar-refractivity contribution is -0.131. The zero-order valence-electron chi connectivity index (χ0n) is 11.3. The first-order valence-corrected chi connectivity index (χ1v) is 6.99. The van der Waals surface area contributed by atoms with Gasteiger partial charge in [0.2, 0.25) is 0 Å². The van der Waals surface area contributed by atoms with Crippen LogP contribution >= 0.6 is 0 Å². The van der Waals surface area contributed by atoms with E-state index in [2.05, 4.69) is 27.7 Å². The fraction of sp³-hybridized carbons (Fsp3) is 0.933. The van der Waals surface area contributed by atoms with Gasteiger partial charge in [0.05, 0.1) is 0 Å². The molecule has 0 heterocycles. The Hall–Kier alpha value is -0.330. The SMILES string of the molecule is CCCCC[C@@H]1C(=O)[C@]2(C)CC[C@H]1C2(C)C. The van der Waals surface area contributed by atoms with Crippen LogP contribution in [0.15, 0.2) is 0 Å². The quantitative estimate of drug-likeness (QED) is 0.651. The van der Waals surface area contributed by atoms with Crippen LogP contribution in [0.5, 0.6) is 0 Å². The number of Topliss-reactive ketones (excluding diaryl/α,β-unsaturated/α-hetero) is 1. The third-order valence-corrected chi connectivity index (χ3v) is 5.79. The van der Waals surface area contributed by atoms with Gasteiger partial charge in [-0.05, 0) is 30.6 Å².